The third-order valence-corrected chi connectivity index (χ3v) is 4.67. The largest absolute Gasteiger partial charge is 0.496 e. The SMILES string of the molecule is CCC(NC1CC(C)(C)CC1C)c1ccccc1OC. The molecule has 1 saturated carbocycles. The summed E-state index contributed by atoms with van der Waals surface area (Å²) in [5, 5.41) is 3.88. The van der Waals surface area contributed by atoms with Crippen molar-refractivity contribution in [1.29, 1.82) is 0 Å². The van der Waals surface area contributed by atoms with E-state index < -0.39 is 0 Å². The molecule has 0 bridgehead atoms. The maximum atomic E-state index is 5.52. The fraction of sp³-hybridized carbons (Fsp3) is 0.667. The minimum absolute atomic E-state index is 0.382. The second kappa shape index (κ2) is 6.17. The van der Waals surface area contributed by atoms with E-state index in [2.05, 4.69) is 51.2 Å². The number of nitrogens with one attached hydrogen (secondary N) is 1. The molecule has 0 aliphatic heterocycles. The van der Waals surface area contributed by atoms with Crippen LogP contribution in [0.3, 0.4) is 0 Å². The summed E-state index contributed by atoms with van der Waals surface area (Å²) < 4.78 is 5.52. The van der Waals surface area contributed by atoms with Crippen molar-refractivity contribution >= 4 is 0 Å². The van der Waals surface area contributed by atoms with E-state index in [-0.39, 0.29) is 0 Å². The lowest BCUT2D eigenvalue weighted by atomic mass is 9.91. The first-order valence-corrected chi connectivity index (χ1v) is 7.86. The van der Waals surface area contributed by atoms with Crippen molar-refractivity contribution in [3.63, 3.8) is 0 Å². The normalized spacial score (nSPS) is 26.4. The van der Waals surface area contributed by atoms with E-state index in [0.717, 1.165) is 18.1 Å². The predicted octanol–water partition coefficient (Wildman–Crippen LogP) is 4.56. The van der Waals surface area contributed by atoms with Gasteiger partial charge < -0.3 is 10.1 Å². The molecule has 1 aromatic carbocycles. The van der Waals surface area contributed by atoms with E-state index in [1.54, 1.807) is 7.11 Å². The van der Waals surface area contributed by atoms with Crippen LogP contribution in [0.4, 0.5) is 0 Å². The van der Waals surface area contributed by atoms with Crippen LogP contribution in [-0.4, -0.2) is 13.2 Å². The van der Waals surface area contributed by atoms with Gasteiger partial charge in [0.05, 0.1) is 7.11 Å². The second-order valence-electron chi connectivity index (χ2n) is 7.03. The van der Waals surface area contributed by atoms with Gasteiger partial charge in [0.15, 0.2) is 0 Å². The number of methoxy groups -OCH3 is 1. The number of hydrogen-bond acceptors (Lipinski definition) is 2. The standard InChI is InChI=1S/C18H29NO/c1-6-15(14-9-7-8-10-17(14)20-5)19-16-12-18(3,4)11-13(16)2/h7-10,13,15-16,19H,6,11-12H2,1-5H3. The summed E-state index contributed by atoms with van der Waals surface area (Å²) >= 11 is 0. The van der Waals surface area contributed by atoms with E-state index in [4.69, 9.17) is 4.74 Å². The van der Waals surface area contributed by atoms with Crippen LogP contribution in [0, 0.1) is 11.3 Å². The Labute approximate surface area is 123 Å². The third kappa shape index (κ3) is 3.35. The molecule has 2 heteroatoms. The average Bonchev–Trinajstić information content (AvgIpc) is 2.68. The van der Waals surface area contributed by atoms with Gasteiger partial charge >= 0.3 is 0 Å². The van der Waals surface area contributed by atoms with Gasteiger partial charge in [0.2, 0.25) is 0 Å². The summed E-state index contributed by atoms with van der Waals surface area (Å²) in [4.78, 5) is 0. The van der Waals surface area contributed by atoms with Crippen LogP contribution in [0.15, 0.2) is 24.3 Å². The number of benzene rings is 1. The van der Waals surface area contributed by atoms with Gasteiger partial charge in [-0.05, 0) is 36.7 Å². The van der Waals surface area contributed by atoms with Gasteiger partial charge in [-0.3, -0.25) is 0 Å². The fourth-order valence-electron chi connectivity index (χ4n) is 3.76. The molecule has 1 aliphatic rings. The highest BCUT2D eigenvalue weighted by Gasteiger charge is 2.37. The molecule has 3 unspecified atom stereocenters. The number of rotatable bonds is 5. The number of hydrogen-bond donors (Lipinski definition) is 1. The summed E-state index contributed by atoms with van der Waals surface area (Å²) in [6.07, 6.45) is 3.66. The topological polar surface area (TPSA) is 21.3 Å². The molecule has 2 nitrogen and oxygen atoms in total. The molecule has 2 rings (SSSR count). The second-order valence-corrected chi connectivity index (χ2v) is 7.03. The molecule has 3 atom stereocenters. The molecule has 1 aromatic rings. The van der Waals surface area contributed by atoms with Crippen LogP contribution >= 0.6 is 0 Å². The Hall–Kier alpha value is -1.02. The Morgan fingerprint density at radius 1 is 1.30 bits per heavy atom. The highest BCUT2D eigenvalue weighted by molar-refractivity contribution is 5.36. The summed E-state index contributed by atoms with van der Waals surface area (Å²) in [6.45, 7) is 9.39. The highest BCUT2D eigenvalue weighted by Crippen LogP contribution is 2.42. The molecular formula is C18H29NO. The first-order valence-electron chi connectivity index (χ1n) is 7.86. The smallest absolute Gasteiger partial charge is 0.123 e. The van der Waals surface area contributed by atoms with Crippen molar-refractivity contribution in [2.24, 2.45) is 11.3 Å². The lowest BCUT2D eigenvalue weighted by Gasteiger charge is -2.26. The number of para-hydroxylation sites is 1. The quantitative estimate of drug-likeness (QED) is 0.850. The van der Waals surface area contributed by atoms with Crippen molar-refractivity contribution in [3.8, 4) is 5.75 Å². The summed E-state index contributed by atoms with van der Waals surface area (Å²) in [7, 11) is 1.76. The summed E-state index contributed by atoms with van der Waals surface area (Å²) in [6, 6.07) is 9.37. The Bertz CT molecular complexity index is 441. The van der Waals surface area contributed by atoms with Crippen molar-refractivity contribution < 1.29 is 4.74 Å². The van der Waals surface area contributed by atoms with Gasteiger partial charge in [-0.25, -0.2) is 0 Å². The number of ether oxygens (including phenoxy) is 1. The van der Waals surface area contributed by atoms with Crippen LogP contribution < -0.4 is 10.1 Å². The van der Waals surface area contributed by atoms with Crippen LogP contribution in [0.5, 0.6) is 5.75 Å². The molecule has 1 N–H and O–H groups in total. The molecule has 0 amide bonds. The monoisotopic (exact) mass is 275 g/mol. The van der Waals surface area contributed by atoms with Crippen LogP contribution in [-0.2, 0) is 0 Å². The maximum absolute atomic E-state index is 5.52. The zero-order chi connectivity index (χ0) is 14.8. The van der Waals surface area contributed by atoms with E-state index in [1.807, 2.05) is 6.07 Å². The maximum Gasteiger partial charge on any atom is 0.123 e. The Kier molecular flexibility index (Phi) is 4.74. The lowest BCUT2D eigenvalue weighted by molar-refractivity contribution is 0.341. The first kappa shape index (κ1) is 15.4. The van der Waals surface area contributed by atoms with Gasteiger partial charge in [0.1, 0.15) is 5.75 Å². The zero-order valence-electron chi connectivity index (χ0n) is 13.6. The minimum atomic E-state index is 0.382. The molecule has 1 fully saturated rings. The van der Waals surface area contributed by atoms with Gasteiger partial charge in [-0.1, -0.05) is 45.9 Å². The molecule has 0 radical (unpaired) electrons. The van der Waals surface area contributed by atoms with Crippen LogP contribution in [0.25, 0.3) is 0 Å². The van der Waals surface area contributed by atoms with E-state index in [1.165, 1.54) is 18.4 Å². The van der Waals surface area contributed by atoms with Gasteiger partial charge in [0.25, 0.3) is 0 Å². The van der Waals surface area contributed by atoms with Gasteiger partial charge in [0, 0.05) is 17.6 Å². The fourth-order valence-corrected chi connectivity index (χ4v) is 3.76. The van der Waals surface area contributed by atoms with Gasteiger partial charge in [-0.15, -0.1) is 0 Å². The molecule has 0 saturated heterocycles. The predicted molar refractivity (Wildman–Crippen MR) is 85.1 cm³/mol. The molecule has 0 heterocycles. The molecule has 0 spiro atoms. The van der Waals surface area contributed by atoms with E-state index >= 15 is 0 Å². The lowest BCUT2D eigenvalue weighted by Crippen LogP contribution is -2.35. The van der Waals surface area contributed by atoms with Crippen LogP contribution in [0.2, 0.25) is 0 Å². The molecule has 0 aromatic heterocycles. The van der Waals surface area contributed by atoms with Crippen molar-refractivity contribution in [2.45, 2.75) is 59.0 Å². The summed E-state index contributed by atoms with van der Waals surface area (Å²) in [5.41, 5.74) is 1.75. The van der Waals surface area contributed by atoms with E-state index in [9.17, 15) is 0 Å². The van der Waals surface area contributed by atoms with Crippen molar-refractivity contribution in [1.82, 2.24) is 5.32 Å². The zero-order valence-corrected chi connectivity index (χ0v) is 13.6. The van der Waals surface area contributed by atoms with Crippen molar-refractivity contribution in [2.75, 3.05) is 7.11 Å². The molecular weight excluding hydrogens is 246 g/mol. The third-order valence-electron chi connectivity index (χ3n) is 4.67. The average molecular weight is 275 g/mol. The minimum Gasteiger partial charge on any atom is -0.496 e. The Morgan fingerprint density at radius 2 is 2.00 bits per heavy atom. The molecule has 1 aliphatic carbocycles. The van der Waals surface area contributed by atoms with Crippen LogP contribution in [0.1, 0.15) is 58.6 Å². The van der Waals surface area contributed by atoms with Gasteiger partial charge in [-0.2, -0.15) is 0 Å². The highest BCUT2D eigenvalue weighted by atomic mass is 16.5. The van der Waals surface area contributed by atoms with Crippen molar-refractivity contribution in [3.05, 3.63) is 29.8 Å². The Morgan fingerprint density at radius 3 is 2.55 bits per heavy atom. The molecule has 20 heavy (non-hydrogen) atoms. The summed E-state index contributed by atoms with van der Waals surface area (Å²) in [5.74, 6) is 1.74. The first-order chi connectivity index (χ1) is 9.46. The van der Waals surface area contributed by atoms with E-state index in [0.29, 0.717) is 17.5 Å². The molecule has 112 valence electrons. The Balaban J connectivity index is 2.13.